The Morgan fingerprint density at radius 1 is 1.05 bits per heavy atom. The molecule has 0 unspecified atom stereocenters. The molecule has 0 radical (unpaired) electrons. The van der Waals surface area contributed by atoms with E-state index < -0.39 is 11.9 Å². The lowest BCUT2D eigenvalue weighted by Crippen LogP contribution is -2.21. The molecule has 0 amide bonds. The Morgan fingerprint density at radius 2 is 1.74 bits per heavy atom. The van der Waals surface area contributed by atoms with Gasteiger partial charge >= 0.3 is 6.11 Å². The summed E-state index contributed by atoms with van der Waals surface area (Å²) in [5, 5.41) is 0. The van der Waals surface area contributed by atoms with Crippen LogP contribution in [0.5, 0.6) is 5.75 Å². The molecule has 0 aliphatic heterocycles. The molecule has 0 heterocycles. The largest absolute Gasteiger partial charge is 0.429 e. The first-order chi connectivity index (χ1) is 9.03. The Morgan fingerprint density at radius 3 is 2.32 bits per heavy atom. The summed E-state index contributed by atoms with van der Waals surface area (Å²) in [5.41, 5.74) is -0.551. The van der Waals surface area contributed by atoms with Crippen molar-refractivity contribution in [1.82, 2.24) is 0 Å². The second-order valence-corrected chi connectivity index (χ2v) is 3.79. The molecule has 0 aliphatic rings. The molecule has 2 aromatic rings. The second kappa shape index (κ2) is 5.14. The summed E-state index contributed by atoms with van der Waals surface area (Å²) in [6.45, 7) is 0. The molecule has 19 heavy (non-hydrogen) atoms. The maximum Gasteiger partial charge on any atom is 0.426 e. The third-order valence-electron chi connectivity index (χ3n) is 2.45. The lowest BCUT2D eigenvalue weighted by Gasteiger charge is -2.18. The first kappa shape index (κ1) is 13.1. The third-order valence-corrected chi connectivity index (χ3v) is 2.45. The summed E-state index contributed by atoms with van der Waals surface area (Å²) in [7, 11) is 0. The van der Waals surface area contributed by atoms with E-state index in [1.165, 1.54) is 24.3 Å². The quantitative estimate of drug-likeness (QED) is 0.787. The van der Waals surface area contributed by atoms with E-state index in [0.29, 0.717) is 6.29 Å². The fraction of sp³-hybridized carbons (Fsp3) is 0.0714. The molecular formula is C14H9F3O2. The van der Waals surface area contributed by atoms with E-state index in [0.717, 1.165) is 18.2 Å². The highest BCUT2D eigenvalue weighted by atomic mass is 19.3. The van der Waals surface area contributed by atoms with Gasteiger partial charge in [0.15, 0.2) is 6.29 Å². The number of aldehydes is 1. The van der Waals surface area contributed by atoms with Crippen molar-refractivity contribution in [3.05, 3.63) is 65.5 Å². The van der Waals surface area contributed by atoms with Gasteiger partial charge in [-0.3, -0.25) is 4.79 Å². The van der Waals surface area contributed by atoms with Gasteiger partial charge in [-0.25, -0.2) is 4.39 Å². The first-order valence-electron chi connectivity index (χ1n) is 5.40. The van der Waals surface area contributed by atoms with E-state index in [1.54, 1.807) is 6.07 Å². The summed E-state index contributed by atoms with van der Waals surface area (Å²) >= 11 is 0. The molecule has 2 rings (SSSR count). The minimum absolute atomic E-state index is 0.213. The molecule has 0 N–H and O–H groups in total. The molecule has 98 valence electrons. The molecule has 0 bridgehead atoms. The average Bonchev–Trinajstić information content (AvgIpc) is 2.39. The first-order valence-corrected chi connectivity index (χ1v) is 5.40. The van der Waals surface area contributed by atoms with Crippen LogP contribution in [-0.4, -0.2) is 6.29 Å². The Labute approximate surface area is 107 Å². The van der Waals surface area contributed by atoms with Crippen LogP contribution in [0.4, 0.5) is 13.2 Å². The van der Waals surface area contributed by atoms with Gasteiger partial charge in [-0.05, 0) is 24.3 Å². The number of carbonyl (C=O) groups excluding carboxylic acids is 1. The van der Waals surface area contributed by atoms with Crippen molar-refractivity contribution < 1.29 is 22.7 Å². The van der Waals surface area contributed by atoms with Gasteiger partial charge in [-0.2, -0.15) is 8.78 Å². The minimum Gasteiger partial charge on any atom is -0.429 e. The fourth-order valence-corrected chi connectivity index (χ4v) is 1.51. The molecule has 2 nitrogen and oxygen atoms in total. The van der Waals surface area contributed by atoms with Crippen molar-refractivity contribution in [2.45, 2.75) is 6.11 Å². The standard InChI is InChI=1S/C14H9F3O2/c15-13-8-12(7-6-10(13)9-18)19-14(16,17)11-4-2-1-3-5-11/h1-9H. The number of alkyl halides is 2. The van der Waals surface area contributed by atoms with E-state index in [4.69, 9.17) is 0 Å². The maximum absolute atomic E-state index is 13.7. The lowest BCUT2D eigenvalue weighted by atomic mass is 10.2. The summed E-state index contributed by atoms with van der Waals surface area (Å²) in [4.78, 5) is 10.4. The van der Waals surface area contributed by atoms with Crippen molar-refractivity contribution >= 4 is 6.29 Å². The van der Waals surface area contributed by atoms with Crippen LogP contribution in [0.15, 0.2) is 48.5 Å². The van der Waals surface area contributed by atoms with Crippen LogP contribution in [0.1, 0.15) is 15.9 Å². The fourth-order valence-electron chi connectivity index (χ4n) is 1.51. The van der Waals surface area contributed by atoms with Gasteiger partial charge < -0.3 is 4.74 Å². The highest BCUT2D eigenvalue weighted by molar-refractivity contribution is 5.75. The summed E-state index contributed by atoms with van der Waals surface area (Å²) in [6, 6.07) is 9.85. The summed E-state index contributed by atoms with van der Waals surface area (Å²) < 4.78 is 45.2. The van der Waals surface area contributed by atoms with Crippen molar-refractivity contribution in [3.8, 4) is 5.75 Å². The molecule has 0 fully saturated rings. The number of rotatable bonds is 4. The van der Waals surface area contributed by atoms with E-state index in [9.17, 15) is 18.0 Å². The van der Waals surface area contributed by atoms with Crippen molar-refractivity contribution in [1.29, 1.82) is 0 Å². The average molecular weight is 266 g/mol. The van der Waals surface area contributed by atoms with Crippen molar-refractivity contribution in [2.75, 3.05) is 0 Å². The van der Waals surface area contributed by atoms with Gasteiger partial charge in [-0.15, -0.1) is 0 Å². The van der Waals surface area contributed by atoms with Gasteiger partial charge in [0.25, 0.3) is 0 Å². The van der Waals surface area contributed by atoms with E-state index >= 15 is 0 Å². The lowest BCUT2D eigenvalue weighted by molar-refractivity contribution is -0.185. The summed E-state index contributed by atoms with van der Waals surface area (Å²) in [5.74, 6) is -1.26. The van der Waals surface area contributed by atoms with Crippen molar-refractivity contribution in [3.63, 3.8) is 0 Å². The Bertz CT molecular complexity index is 582. The van der Waals surface area contributed by atoms with Crippen LogP contribution in [0.2, 0.25) is 0 Å². The number of halogens is 3. The van der Waals surface area contributed by atoms with E-state index in [1.807, 2.05) is 0 Å². The monoisotopic (exact) mass is 266 g/mol. The van der Waals surface area contributed by atoms with Crippen LogP contribution < -0.4 is 4.74 Å². The molecule has 0 saturated carbocycles. The van der Waals surface area contributed by atoms with Crippen LogP contribution in [-0.2, 0) is 6.11 Å². The maximum atomic E-state index is 13.7. The van der Waals surface area contributed by atoms with Gasteiger partial charge in [-0.1, -0.05) is 18.2 Å². The predicted octanol–water partition coefficient (Wildman–Crippen LogP) is 3.77. The molecule has 0 atom stereocenters. The molecule has 0 saturated heterocycles. The van der Waals surface area contributed by atoms with Crippen molar-refractivity contribution in [2.24, 2.45) is 0 Å². The van der Waals surface area contributed by atoms with E-state index in [-0.39, 0.29) is 16.9 Å². The van der Waals surface area contributed by atoms with Gasteiger partial charge in [0.1, 0.15) is 11.6 Å². The molecular weight excluding hydrogens is 257 g/mol. The number of benzene rings is 2. The van der Waals surface area contributed by atoms with E-state index in [2.05, 4.69) is 4.74 Å². The van der Waals surface area contributed by atoms with Gasteiger partial charge in [0.2, 0.25) is 0 Å². The smallest absolute Gasteiger partial charge is 0.426 e. The Kier molecular flexibility index (Phi) is 3.55. The molecule has 0 spiro atoms. The van der Waals surface area contributed by atoms with Crippen LogP contribution >= 0.6 is 0 Å². The molecule has 2 aromatic carbocycles. The van der Waals surface area contributed by atoms with Gasteiger partial charge in [0, 0.05) is 6.07 Å². The number of hydrogen-bond donors (Lipinski definition) is 0. The topological polar surface area (TPSA) is 26.3 Å². The highest BCUT2D eigenvalue weighted by Gasteiger charge is 2.34. The minimum atomic E-state index is -3.57. The summed E-state index contributed by atoms with van der Waals surface area (Å²) in [6.07, 6.45) is -3.27. The predicted molar refractivity (Wildman–Crippen MR) is 62.8 cm³/mol. The normalized spacial score (nSPS) is 11.1. The van der Waals surface area contributed by atoms with Crippen LogP contribution in [0, 0.1) is 5.82 Å². The molecule has 5 heteroatoms. The molecule has 0 aliphatic carbocycles. The second-order valence-electron chi connectivity index (χ2n) is 3.79. The number of ether oxygens (including phenoxy) is 1. The SMILES string of the molecule is O=Cc1ccc(OC(F)(F)c2ccccc2)cc1F. The Balaban J connectivity index is 2.25. The zero-order valence-corrected chi connectivity index (χ0v) is 9.65. The zero-order valence-electron chi connectivity index (χ0n) is 9.65. The highest BCUT2D eigenvalue weighted by Crippen LogP contribution is 2.31. The van der Waals surface area contributed by atoms with Crippen LogP contribution in [0.25, 0.3) is 0 Å². The molecule has 0 aromatic heterocycles. The van der Waals surface area contributed by atoms with Gasteiger partial charge in [0.05, 0.1) is 11.1 Å². The zero-order chi connectivity index (χ0) is 13.9. The third kappa shape index (κ3) is 2.93. The number of hydrogen-bond acceptors (Lipinski definition) is 2. The number of carbonyl (C=O) groups is 1. The Hall–Kier alpha value is -2.30. The van der Waals surface area contributed by atoms with Crippen LogP contribution in [0.3, 0.4) is 0 Å².